The molecule has 0 spiro atoms. The summed E-state index contributed by atoms with van der Waals surface area (Å²) in [5.41, 5.74) is 0. The minimum atomic E-state index is -0.393. The van der Waals surface area contributed by atoms with Crippen molar-refractivity contribution in [2.75, 3.05) is 19.6 Å². The zero-order valence-electron chi connectivity index (χ0n) is 9.62. The molecular formula is C12H16N2O3. The molecule has 92 valence electrons. The minimum Gasteiger partial charge on any atom is -0.467 e. The Labute approximate surface area is 100 Å². The lowest BCUT2D eigenvalue weighted by Gasteiger charge is -2.25. The van der Waals surface area contributed by atoms with Crippen LogP contribution in [-0.4, -0.2) is 29.5 Å². The fourth-order valence-electron chi connectivity index (χ4n) is 1.67. The van der Waals surface area contributed by atoms with Crippen molar-refractivity contribution in [1.82, 2.24) is 4.90 Å². The number of nitrogens with zero attached hydrogens (tertiary/aromatic N) is 2. The highest BCUT2D eigenvalue weighted by Gasteiger charge is 2.26. The Kier molecular flexibility index (Phi) is 5.16. The Morgan fingerprint density at radius 1 is 1.47 bits per heavy atom. The van der Waals surface area contributed by atoms with Crippen molar-refractivity contribution in [2.24, 2.45) is 0 Å². The van der Waals surface area contributed by atoms with Crippen LogP contribution in [-0.2, 0) is 0 Å². The van der Waals surface area contributed by atoms with E-state index < -0.39 is 6.04 Å². The zero-order chi connectivity index (χ0) is 12.7. The largest absolute Gasteiger partial charge is 0.467 e. The first-order valence-electron chi connectivity index (χ1n) is 5.30. The lowest BCUT2D eigenvalue weighted by atomic mass is 10.2. The van der Waals surface area contributed by atoms with E-state index in [1.807, 2.05) is 4.90 Å². The van der Waals surface area contributed by atoms with Gasteiger partial charge in [0.2, 0.25) is 6.54 Å². The van der Waals surface area contributed by atoms with Crippen LogP contribution in [0.2, 0.25) is 0 Å². The molecular weight excluding hydrogens is 220 g/mol. The molecule has 0 aliphatic carbocycles. The van der Waals surface area contributed by atoms with Crippen molar-refractivity contribution in [2.45, 2.75) is 6.04 Å². The third-order valence-corrected chi connectivity index (χ3v) is 2.36. The van der Waals surface area contributed by atoms with Gasteiger partial charge in [-0.1, -0.05) is 12.2 Å². The van der Waals surface area contributed by atoms with Gasteiger partial charge in [0.15, 0.2) is 0 Å². The first-order chi connectivity index (χ1) is 8.19. The van der Waals surface area contributed by atoms with E-state index >= 15 is 0 Å². The minimum absolute atomic E-state index is 0.199. The van der Waals surface area contributed by atoms with Crippen LogP contribution < -0.4 is 0 Å². The van der Waals surface area contributed by atoms with Gasteiger partial charge < -0.3 is 4.42 Å². The molecule has 1 aromatic rings. The highest BCUT2D eigenvalue weighted by atomic mass is 16.6. The molecule has 0 aliphatic heterocycles. The van der Waals surface area contributed by atoms with E-state index in [0.29, 0.717) is 18.8 Å². The van der Waals surface area contributed by atoms with Crippen LogP contribution in [0, 0.1) is 10.1 Å². The Bertz CT molecular complexity index is 363. The van der Waals surface area contributed by atoms with Gasteiger partial charge in [-0.2, -0.15) is 0 Å². The van der Waals surface area contributed by atoms with E-state index in [-0.39, 0.29) is 11.5 Å². The molecule has 1 heterocycles. The van der Waals surface area contributed by atoms with Crippen LogP contribution >= 0.6 is 0 Å². The van der Waals surface area contributed by atoms with E-state index in [0.717, 1.165) is 0 Å². The van der Waals surface area contributed by atoms with Gasteiger partial charge in [0, 0.05) is 18.0 Å². The maximum absolute atomic E-state index is 10.7. The molecule has 1 atom stereocenters. The van der Waals surface area contributed by atoms with Gasteiger partial charge in [-0.3, -0.25) is 15.0 Å². The summed E-state index contributed by atoms with van der Waals surface area (Å²) in [6, 6.07) is 3.08. The second-order valence-electron chi connectivity index (χ2n) is 3.58. The van der Waals surface area contributed by atoms with E-state index in [9.17, 15) is 10.1 Å². The summed E-state index contributed by atoms with van der Waals surface area (Å²) in [5.74, 6) is 0.588. The third kappa shape index (κ3) is 3.88. The van der Waals surface area contributed by atoms with Gasteiger partial charge in [0.1, 0.15) is 11.8 Å². The number of furan rings is 1. The fraction of sp³-hybridized carbons (Fsp3) is 0.333. The molecule has 0 N–H and O–H groups in total. The van der Waals surface area contributed by atoms with E-state index in [4.69, 9.17) is 4.42 Å². The highest BCUT2D eigenvalue weighted by molar-refractivity contribution is 5.06. The number of hydrogen-bond donors (Lipinski definition) is 0. The Hall–Kier alpha value is -1.88. The van der Waals surface area contributed by atoms with Crippen LogP contribution in [0.25, 0.3) is 0 Å². The molecule has 0 amide bonds. The zero-order valence-corrected chi connectivity index (χ0v) is 9.62. The first-order valence-corrected chi connectivity index (χ1v) is 5.30. The Balaban J connectivity index is 2.89. The van der Waals surface area contributed by atoms with Crippen molar-refractivity contribution in [1.29, 1.82) is 0 Å². The second kappa shape index (κ2) is 6.65. The normalized spacial score (nSPS) is 12.3. The van der Waals surface area contributed by atoms with Gasteiger partial charge in [-0.05, 0) is 12.1 Å². The van der Waals surface area contributed by atoms with Gasteiger partial charge in [0.25, 0.3) is 0 Å². The fourth-order valence-corrected chi connectivity index (χ4v) is 1.67. The molecule has 0 bridgehead atoms. The molecule has 0 radical (unpaired) electrons. The van der Waals surface area contributed by atoms with Crippen molar-refractivity contribution in [3.05, 3.63) is 59.6 Å². The van der Waals surface area contributed by atoms with E-state index in [2.05, 4.69) is 13.2 Å². The Morgan fingerprint density at radius 2 is 2.12 bits per heavy atom. The maximum atomic E-state index is 10.7. The van der Waals surface area contributed by atoms with Crippen LogP contribution in [0.5, 0.6) is 0 Å². The number of rotatable bonds is 8. The Morgan fingerprint density at radius 3 is 2.53 bits per heavy atom. The highest BCUT2D eigenvalue weighted by Crippen LogP contribution is 2.21. The lowest BCUT2D eigenvalue weighted by Crippen LogP contribution is -2.33. The maximum Gasteiger partial charge on any atom is 0.226 e. The van der Waals surface area contributed by atoms with Gasteiger partial charge in [-0.25, -0.2) is 0 Å². The summed E-state index contributed by atoms with van der Waals surface area (Å²) < 4.78 is 5.26. The van der Waals surface area contributed by atoms with Crippen LogP contribution in [0.3, 0.4) is 0 Å². The summed E-state index contributed by atoms with van der Waals surface area (Å²) in [6.45, 7) is 8.19. The molecule has 0 aliphatic rings. The molecule has 5 heteroatoms. The van der Waals surface area contributed by atoms with Crippen LogP contribution in [0.15, 0.2) is 48.1 Å². The van der Waals surface area contributed by atoms with Crippen molar-refractivity contribution in [3.63, 3.8) is 0 Å². The van der Waals surface area contributed by atoms with Crippen molar-refractivity contribution < 1.29 is 9.34 Å². The van der Waals surface area contributed by atoms with Crippen LogP contribution in [0.1, 0.15) is 11.8 Å². The topological polar surface area (TPSA) is 59.5 Å². The van der Waals surface area contributed by atoms with Crippen LogP contribution in [0.4, 0.5) is 0 Å². The van der Waals surface area contributed by atoms with Gasteiger partial charge in [0.05, 0.1) is 6.26 Å². The number of hydrogen-bond acceptors (Lipinski definition) is 4. The van der Waals surface area contributed by atoms with Gasteiger partial charge >= 0.3 is 0 Å². The third-order valence-electron chi connectivity index (χ3n) is 2.36. The smallest absolute Gasteiger partial charge is 0.226 e. The monoisotopic (exact) mass is 236 g/mol. The molecule has 0 saturated carbocycles. The summed E-state index contributed by atoms with van der Waals surface area (Å²) in [6.07, 6.45) is 4.93. The van der Waals surface area contributed by atoms with Gasteiger partial charge in [-0.15, -0.1) is 13.2 Å². The number of nitro groups is 1. The SMILES string of the molecule is C=CCN(CC=C)C(C[N+](=O)[O-])c1ccco1. The molecule has 1 rings (SSSR count). The molecule has 0 saturated heterocycles. The predicted octanol–water partition coefficient (Wildman–Crippen LogP) is 2.27. The van der Waals surface area contributed by atoms with E-state index in [1.165, 1.54) is 6.26 Å². The van der Waals surface area contributed by atoms with Crippen molar-refractivity contribution in [3.8, 4) is 0 Å². The standard InChI is InChI=1S/C12H16N2O3/c1-3-7-13(8-4-2)11(10-14(15)16)12-6-5-9-17-12/h3-6,9,11H,1-2,7-8,10H2. The average molecular weight is 236 g/mol. The second-order valence-corrected chi connectivity index (χ2v) is 3.58. The molecule has 1 aromatic heterocycles. The summed E-state index contributed by atoms with van der Waals surface area (Å²) in [5, 5.41) is 10.7. The first kappa shape index (κ1) is 13.2. The summed E-state index contributed by atoms with van der Waals surface area (Å²) in [7, 11) is 0. The van der Waals surface area contributed by atoms with E-state index in [1.54, 1.807) is 24.3 Å². The molecule has 5 nitrogen and oxygen atoms in total. The molecule has 17 heavy (non-hydrogen) atoms. The molecule has 1 unspecified atom stereocenters. The lowest BCUT2D eigenvalue weighted by molar-refractivity contribution is -0.488. The molecule has 0 aromatic carbocycles. The predicted molar refractivity (Wildman–Crippen MR) is 65.3 cm³/mol. The summed E-state index contributed by atoms with van der Waals surface area (Å²) in [4.78, 5) is 12.3. The summed E-state index contributed by atoms with van der Waals surface area (Å²) >= 11 is 0. The average Bonchev–Trinajstić information content (AvgIpc) is 2.78. The molecule has 0 fully saturated rings. The quantitative estimate of drug-likeness (QED) is 0.394. The van der Waals surface area contributed by atoms with Crippen molar-refractivity contribution >= 4 is 0 Å².